The van der Waals surface area contributed by atoms with Crippen molar-refractivity contribution in [2.75, 3.05) is 19.0 Å². The number of hydrogen-bond donors (Lipinski definition) is 2. The van der Waals surface area contributed by atoms with Crippen molar-refractivity contribution in [3.05, 3.63) is 53.6 Å². The first-order chi connectivity index (χ1) is 12.6. The van der Waals surface area contributed by atoms with Crippen LogP contribution in [-0.4, -0.2) is 44.8 Å². The maximum atomic E-state index is 9.85. The molecule has 2 N–H and O–H groups in total. The van der Waals surface area contributed by atoms with Crippen molar-refractivity contribution in [1.29, 1.82) is 0 Å². The molecule has 3 rings (SSSR count). The summed E-state index contributed by atoms with van der Waals surface area (Å²) >= 11 is 1.59. The number of fused-ring (bicyclic) bond motifs is 1. The van der Waals surface area contributed by atoms with Crippen LogP contribution >= 0.6 is 11.8 Å². The third kappa shape index (κ3) is 4.38. The van der Waals surface area contributed by atoms with E-state index in [1.807, 2.05) is 41.0 Å². The highest BCUT2D eigenvalue weighted by atomic mass is 32.2. The normalized spacial score (nSPS) is 12.5. The number of aliphatic hydroxyl groups excluding tert-OH is 2. The number of aromatic nitrogens is 2. The van der Waals surface area contributed by atoms with E-state index in [1.165, 1.54) is 11.1 Å². The van der Waals surface area contributed by atoms with Crippen LogP contribution in [0.25, 0.3) is 11.0 Å². The van der Waals surface area contributed by atoms with Crippen molar-refractivity contribution in [2.24, 2.45) is 0 Å². The molecule has 0 unspecified atom stereocenters. The van der Waals surface area contributed by atoms with Gasteiger partial charge in [-0.3, -0.25) is 0 Å². The molecule has 0 amide bonds. The zero-order chi connectivity index (χ0) is 18.5. The molecule has 1 heterocycles. The number of thioether (sulfide) groups is 1. The Morgan fingerprint density at radius 2 is 1.96 bits per heavy atom. The van der Waals surface area contributed by atoms with Gasteiger partial charge in [-0.1, -0.05) is 30.0 Å². The summed E-state index contributed by atoms with van der Waals surface area (Å²) in [7, 11) is 0. The summed E-state index contributed by atoms with van der Waals surface area (Å²) in [6.45, 7) is 4.77. The van der Waals surface area contributed by atoms with Crippen molar-refractivity contribution in [3.63, 3.8) is 0 Å². The van der Waals surface area contributed by atoms with Crippen LogP contribution in [0.5, 0.6) is 5.75 Å². The molecule has 1 atom stereocenters. The highest BCUT2D eigenvalue weighted by molar-refractivity contribution is 7.99. The lowest BCUT2D eigenvalue weighted by Gasteiger charge is -2.12. The Labute approximate surface area is 157 Å². The summed E-state index contributed by atoms with van der Waals surface area (Å²) in [5.41, 5.74) is 4.31. The zero-order valence-corrected chi connectivity index (χ0v) is 15.9. The first-order valence-electron chi connectivity index (χ1n) is 8.65. The molecule has 3 aromatic rings. The third-order valence-corrected chi connectivity index (χ3v) is 5.23. The van der Waals surface area contributed by atoms with E-state index in [4.69, 9.17) is 9.84 Å². The standard InChI is InChI=1S/C20H24N2O3S/c1-14-7-8-17(11-15(14)2)25-9-10-26-20-21-18-5-3-4-6-19(18)22(20)12-16(24)13-23/h3-8,11,16,23-24H,9-10,12-13H2,1-2H3/t16-/m1/s1. The molecule has 26 heavy (non-hydrogen) atoms. The molecule has 2 aromatic carbocycles. The third-order valence-electron chi connectivity index (χ3n) is 4.29. The van der Waals surface area contributed by atoms with Crippen LogP contribution in [0, 0.1) is 13.8 Å². The van der Waals surface area contributed by atoms with E-state index >= 15 is 0 Å². The zero-order valence-electron chi connectivity index (χ0n) is 15.1. The number of nitrogens with zero attached hydrogens (tertiary/aromatic N) is 2. The number of hydrogen-bond acceptors (Lipinski definition) is 5. The Morgan fingerprint density at radius 1 is 1.15 bits per heavy atom. The first-order valence-corrected chi connectivity index (χ1v) is 9.64. The number of aryl methyl sites for hydroxylation is 2. The van der Waals surface area contributed by atoms with Crippen LogP contribution in [0.2, 0.25) is 0 Å². The molecule has 0 radical (unpaired) electrons. The first kappa shape index (κ1) is 18.8. The van der Waals surface area contributed by atoms with Gasteiger partial charge in [-0.25, -0.2) is 4.98 Å². The molecular formula is C20H24N2O3S. The van der Waals surface area contributed by atoms with Gasteiger partial charge >= 0.3 is 0 Å². The maximum Gasteiger partial charge on any atom is 0.169 e. The summed E-state index contributed by atoms with van der Waals surface area (Å²) < 4.78 is 7.79. The van der Waals surface area contributed by atoms with Gasteiger partial charge in [-0.05, 0) is 49.2 Å². The average Bonchev–Trinajstić information content (AvgIpc) is 2.99. The van der Waals surface area contributed by atoms with E-state index in [-0.39, 0.29) is 6.61 Å². The SMILES string of the molecule is Cc1ccc(OCCSc2nc3ccccc3n2C[C@@H](O)CO)cc1C. The van der Waals surface area contributed by atoms with Crippen LogP contribution in [0.1, 0.15) is 11.1 Å². The van der Waals surface area contributed by atoms with Crippen molar-refractivity contribution in [1.82, 2.24) is 9.55 Å². The molecule has 6 heteroatoms. The van der Waals surface area contributed by atoms with Crippen LogP contribution in [-0.2, 0) is 6.54 Å². The molecule has 5 nitrogen and oxygen atoms in total. The molecule has 0 spiro atoms. The van der Waals surface area contributed by atoms with Gasteiger partial charge in [0.15, 0.2) is 5.16 Å². The lowest BCUT2D eigenvalue weighted by Crippen LogP contribution is -2.20. The summed E-state index contributed by atoms with van der Waals surface area (Å²) in [4.78, 5) is 4.65. The molecule has 0 aliphatic carbocycles. The van der Waals surface area contributed by atoms with Gasteiger partial charge in [0.25, 0.3) is 0 Å². The second-order valence-corrected chi connectivity index (χ2v) is 7.34. The van der Waals surface area contributed by atoms with Crippen molar-refractivity contribution >= 4 is 22.8 Å². The van der Waals surface area contributed by atoms with E-state index in [0.29, 0.717) is 13.2 Å². The molecule has 0 saturated carbocycles. The lowest BCUT2D eigenvalue weighted by molar-refractivity contribution is 0.0802. The maximum absolute atomic E-state index is 9.85. The van der Waals surface area contributed by atoms with Gasteiger partial charge in [0.05, 0.1) is 36.9 Å². The summed E-state index contributed by atoms with van der Waals surface area (Å²) in [5.74, 6) is 1.61. The fraction of sp³-hybridized carbons (Fsp3) is 0.350. The molecule has 0 aliphatic heterocycles. The number of aliphatic hydroxyl groups is 2. The van der Waals surface area contributed by atoms with Gasteiger partial charge in [0, 0.05) is 5.75 Å². The molecule has 0 saturated heterocycles. The largest absolute Gasteiger partial charge is 0.493 e. The van der Waals surface area contributed by atoms with Crippen LogP contribution in [0.4, 0.5) is 0 Å². The second-order valence-electron chi connectivity index (χ2n) is 6.27. The molecule has 1 aromatic heterocycles. The highest BCUT2D eigenvalue weighted by Crippen LogP contribution is 2.25. The minimum absolute atomic E-state index is 0.271. The highest BCUT2D eigenvalue weighted by Gasteiger charge is 2.14. The topological polar surface area (TPSA) is 67.5 Å². The number of imidazole rings is 1. The van der Waals surface area contributed by atoms with Gasteiger partial charge in [-0.2, -0.15) is 0 Å². The molecule has 0 fully saturated rings. The van der Waals surface area contributed by atoms with Crippen LogP contribution < -0.4 is 4.74 Å². The molecular weight excluding hydrogens is 348 g/mol. The fourth-order valence-corrected chi connectivity index (χ4v) is 3.55. The minimum atomic E-state index is -0.807. The van der Waals surface area contributed by atoms with Crippen molar-refractivity contribution in [3.8, 4) is 5.75 Å². The lowest BCUT2D eigenvalue weighted by atomic mass is 10.1. The van der Waals surface area contributed by atoms with Crippen LogP contribution in [0.15, 0.2) is 47.6 Å². The Morgan fingerprint density at radius 3 is 2.73 bits per heavy atom. The number of rotatable bonds is 8. The average molecular weight is 372 g/mol. The van der Waals surface area contributed by atoms with Gasteiger partial charge in [0.1, 0.15) is 5.75 Å². The summed E-state index contributed by atoms with van der Waals surface area (Å²) in [5, 5.41) is 19.8. The smallest absolute Gasteiger partial charge is 0.169 e. The number of ether oxygens (including phenoxy) is 1. The summed E-state index contributed by atoms with van der Waals surface area (Å²) in [6, 6.07) is 13.9. The molecule has 0 bridgehead atoms. The predicted octanol–water partition coefficient (Wildman–Crippen LogP) is 3.18. The van der Waals surface area contributed by atoms with Crippen LogP contribution in [0.3, 0.4) is 0 Å². The Hall–Kier alpha value is -2.02. The monoisotopic (exact) mass is 372 g/mol. The molecule has 138 valence electrons. The molecule has 0 aliphatic rings. The van der Waals surface area contributed by atoms with E-state index in [1.54, 1.807) is 11.8 Å². The van der Waals surface area contributed by atoms with E-state index in [2.05, 4.69) is 24.9 Å². The van der Waals surface area contributed by atoms with Gasteiger partial charge in [0.2, 0.25) is 0 Å². The van der Waals surface area contributed by atoms with Crippen molar-refractivity contribution < 1.29 is 14.9 Å². The summed E-state index contributed by atoms with van der Waals surface area (Å²) in [6.07, 6.45) is -0.807. The Balaban J connectivity index is 1.66. The number of para-hydroxylation sites is 2. The predicted molar refractivity (Wildman–Crippen MR) is 105 cm³/mol. The van der Waals surface area contributed by atoms with Gasteiger partial charge < -0.3 is 19.5 Å². The fourth-order valence-electron chi connectivity index (χ4n) is 2.70. The minimum Gasteiger partial charge on any atom is -0.493 e. The number of benzene rings is 2. The van der Waals surface area contributed by atoms with Crippen molar-refractivity contribution in [2.45, 2.75) is 31.7 Å². The van der Waals surface area contributed by atoms with E-state index in [0.717, 1.165) is 27.7 Å². The second kappa shape index (κ2) is 8.58. The van der Waals surface area contributed by atoms with E-state index < -0.39 is 6.10 Å². The van der Waals surface area contributed by atoms with Gasteiger partial charge in [-0.15, -0.1) is 0 Å². The Bertz CT molecular complexity index is 879. The van der Waals surface area contributed by atoms with E-state index in [9.17, 15) is 5.11 Å². The quantitative estimate of drug-likeness (QED) is 0.470. The Kier molecular flexibility index (Phi) is 6.19.